The maximum atomic E-state index is 5.95. The van der Waals surface area contributed by atoms with Gasteiger partial charge in [-0.25, -0.2) is 0 Å². The number of anilines is 1. The topological polar surface area (TPSA) is 26.0 Å². The van der Waals surface area contributed by atoms with Gasteiger partial charge in [0.05, 0.1) is 10.0 Å². The molecule has 2 N–H and O–H groups in total. The summed E-state index contributed by atoms with van der Waals surface area (Å²) in [7, 11) is 0. The Morgan fingerprint density at radius 1 is 1.13 bits per heavy atom. The van der Waals surface area contributed by atoms with Crippen LogP contribution in [0.25, 0.3) is 0 Å². The average molecular weight is 264 g/mol. The minimum absolute atomic E-state index is 0.504. The summed E-state index contributed by atoms with van der Waals surface area (Å²) in [6, 6.07) is 3.54. The summed E-state index contributed by atoms with van der Waals surface area (Å²) >= 11 is 13.5. The van der Waals surface area contributed by atoms with E-state index in [4.69, 9.17) is 28.9 Å². The Bertz CT molecular complexity index is 353. The Labute approximate surface area is 105 Å². The predicted octanol–water partition coefficient (Wildman–Crippen LogP) is 4.71. The van der Waals surface area contributed by atoms with Gasteiger partial charge in [0.2, 0.25) is 0 Å². The highest BCUT2D eigenvalue weighted by molar-refractivity contribution is 8.00. The van der Waals surface area contributed by atoms with Crippen LogP contribution < -0.4 is 5.73 Å². The van der Waals surface area contributed by atoms with Gasteiger partial charge in [0.1, 0.15) is 0 Å². The molecule has 0 saturated carbocycles. The number of nitrogens with two attached hydrogens (primary N) is 1. The molecular formula is C11H15Cl2NS. The van der Waals surface area contributed by atoms with Crippen LogP contribution in [0.15, 0.2) is 17.0 Å². The molecule has 84 valence electrons. The molecule has 0 radical (unpaired) electrons. The molecule has 0 aromatic heterocycles. The summed E-state index contributed by atoms with van der Waals surface area (Å²) in [5.74, 6) is 0.601. The first-order chi connectivity index (χ1) is 6.91. The Hall–Kier alpha value is -0.0500. The van der Waals surface area contributed by atoms with E-state index in [0.29, 0.717) is 26.9 Å². The van der Waals surface area contributed by atoms with E-state index < -0.39 is 0 Å². The fourth-order valence-corrected chi connectivity index (χ4v) is 2.44. The third-order valence-electron chi connectivity index (χ3n) is 2.30. The summed E-state index contributed by atoms with van der Waals surface area (Å²) in [6.07, 6.45) is 0. The molecule has 0 heterocycles. The molecule has 15 heavy (non-hydrogen) atoms. The van der Waals surface area contributed by atoms with E-state index in [1.54, 1.807) is 17.8 Å². The fraction of sp³-hybridized carbons (Fsp3) is 0.455. The third kappa shape index (κ3) is 3.47. The first kappa shape index (κ1) is 13.0. The van der Waals surface area contributed by atoms with Crippen molar-refractivity contribution in [3.8, 4) is 0 Å². The van der Waals surface area contributed by atoms with Crippen molar-refractivity contribution >= 4 is 40.7 Å². The van der Waals surface area contributed by atoms with Crippen molar-refractivity contribution in [2.75, 3.05) is 5.73 Å². The summed E-state index contributed by atoms with van der Waals surface area (Å²) in [6.45, 7) is 6.55. The molecule has 0 amide bonds. The molecule has 0 aliphatic rings. The van der Waals surface area contributed by atoms with E-state index in [-0.39, 0.29) is 0 Å². The molecule has 0 aliphatic heterocycles. The molecule has 0 saturated heterocycles. The van der Waals surface area contributed by atoms with Crippen molar-refractivity contribution in [2.45, 2.75) is 30.9 Å². The minimum Gasteiger partial charge on any atom is -0.398 e. The van der Waals surface area contributed by atoms with Gasteiger partial charge >= 0.3 is 0 Å². The van der Waals surface area contributed by atoms with E-state index in [9.17, 15) is 0 Å². The lowest BCUT2D eigenvalue weighted by atomic mass is 10.2. The van der Waals surface area contributed by atoms with E-state index in [2.05, 4.69) is 20.8 Å². The quantitative estimate of drug-likeness (QED) is 0.631. The Morgan fingerprint density at radius 2 is 1.67 bits per heavy atom. The highest BCUT2D eigenvalue weighted by atomic mass is 35.5. The molecule has 0 aliphatic carbocycles. The van der Waals surface area contributed by atoms with Crippen molar-refractivity contribution in [3.63, 3.8) is 0 Å². The van der Waals surface area contributed by atoms with Crippen LogP contribution in [-0.4, -0.2) is 5.25 Å². The normalized spacial score (nSPS) is 13.2. The van der Waals surface area contributed by atoms with Gasteiger partial charge in [-0.05, 0) is 18.1 Å². The third-order valence-corrected chi connectivity index (χ3v) is 4.55. The smallest absolute Gasteiger partial charge is 0.0613 e. The van der Waals surface area contributed by atoms with Crippen LogP contribution in [0.2, 0.25) is 10.0 Å². The van der Waals surface area contributed by atoms with Crippen molar-refractivity contribution in [3.05, 3.63) is 22.2 Å². The molecule has 4 heteroatoms. The highest BCUT2D eigenvalue weighted by Crippen LogP contribution is 2.36. The lowest BCUT2D eigenvalue weighted by molar-refractivity contribution is 0.642. The Balaban J connectivity index is 2.91. The average Bonchev–Trinajstić information content (AvgIpc) is 2.13. The van der Waals surface area contributed by atoms with E-state index in [1.165, 1.54) is 0 Å². The van der Waals surface area contributed by atoms with Gasteiger partial charge < -0.3 is 5.73 Å². The van der Waals surface area contributed by atoms with Gasteiger partial charge in [-0.2, -0.15) is 0 Å². The fourth-order valence-electron chi connectivity index (χ4n) is 0.982. The zero-order chi connectivity index (χ0) is 11.6. The number of halogens is 2. The number of hydrogen-bond acceptors (Lipinski definition) is 2. The van der Waals surface area contributed by atoms with Crippen molar-refractivity contribution in [2.24, 2.45) is 5.92 Å². The van der Waals surface area contributed by atoms with Gasteiger partial charge in [0, 0.05) is 15.8 Å². The van der Waals surface area contributed by atoms with E-state index in [1.807, 2.05) is 6.07 Å². The second-order valence-electron chi connectivity index (χ2n) is 3.87. The molecule has 1 unspecified atom stereocenters. The lowest BCUT2D eigenvalue weighted by Crippen LogP contribution is -2.06. The standard InChI is InChI=1S/C11H15Cl2NS/c1-6(2)7(3)15-11-5-9(13)8(12)4-10(11)14/h4-7H,14H2,1-3H3. The molecule has 1 aromatic carbocycles. The maximum absolute atomic E-state index is 5.95. The summed E-state index contributed by atoms with van der Waals surface area (Å²) in [5.41, 5.74) is 6.57. The first-order valence-corrected chi connectivity index (χ1v) is 6.46. The molecule has 0 spiro atoms. The van der Waals surface area contributed by atoms with Crippen LogP contribution in [0.3, 0.4) is 0 Å². The minimum atomic E-state index is 0.504. The predicted molar refractivity (Wildman–Crippen MR) is 71.0 cm³/mol. The van der Waals surface area contributed by atoms with Crippen LogP contribution in [0, 0.1) is 5.92 Å². The molecule has 0 bridgehead atoms. The van der Waals surface area contributed by atoms with Crippen LogP contribution in [0.1, 0.15) is 20.8 Å². The zero-order valence-electron chi connectivity index (χ0n) is 9.05. The van der Waals surface area contributed by atoms with Gasteiger partial charge in [-0.3, -0.25) is 0 Å². The second-order valence-corrected chi connectivity index (χ2v) is 6.10. The molecule has 1 nitrogen and oxygen atoms in total. The largest absolute Gasteiger partial charge is 0.398 e. The molecule has 1 atom stereocenters. The van der Waals surface area contributed by atoms with Gasteiger partial charge in [-0.15, -0.1) is 11.8 Å². The van der Waals surface area contributed by atoms with E-state index in [0.717, 1.165) is 4.90 Å². The van der Waals surface area contributed by atoms with Crippen LogP contribution in [-0.2, 0) is 0 Å². The molecule has 0 fully saturated rings. The zero-order valence-corrected chi connectivity index (χ0v) is 11.4. The second kappa shape index (κ2) is 5.33. The summed E-state index contributed by atoms with van der Waals surface area (Å²) in [5, 5.41) is 1.57. The van der Waals surface area contributed by atoms with E-state index >= 15 is 0 Å². The van der Waals surface area contributed by atoms with Crippen LogP contribution >= 0.6 is 35.0 Å². The monoisotopic (exact) mass is 263 g/mol. The van der Waals surface area contributed by atoms with Crippen molar-refractivity contribution < 1.29 is 0 Å². The number of rotatable bonds is 3. The van der Waals surface area contributed by atoms with Crippen molar-refractivity contribution in [1.29, 1.82) is 0 Å². The number of benzene rings is 1. The SMILES string of the molecule is CC(C)C(C)Sc1cc(Cl)c(Cl)cc1N. The van der Waals surface area contributed by atoms with Gasteiger partial charge in [-0.1, -0.05) is 44.0 Å². The number of thioether (sulfide) groups is 1. The van der Waals surface area contributed by atoms with Crippen molar-refractivity contribution in [1.82, 2.24) is 0 Å². The summed E-state index contributed by atoms with van der Waals surface area (Å²) in [4.78, 5) is 1.01. The first-order valence-electron chi connectivity index (χ1n) is 4.83. The van der Waals surface area contributed by atoms with Gasteiger partial charge in [0.25, 0.3) is 0 Å². The number of hydrogen-bond donors (Lipinski definition) is 1. The highest BCUT2D eigenvalue weighted by Gasteiger charge is 2.12. The molecule has 1 rings (SSSR count). The lowest BCUT2D eigenvalue weighted by Gasteiger charge is -2.16. The summed E-state index contributed by atoms with van der Waals surface area (Å²) < 4.78 is 0. The number of nitrogen functional groups attached to an aromatic ring is 1. The molecule has 1 aromatic rings. The van der Waals surface area contributed by atoms with Crippen LogP contribution in [0.5, 0.6) is 0 Å². The maximum Gasteiger partial charge on any atom is 0.0613 e. The van der Waals surface area contributed by atoms with Crippen LogP contribution in [0.4, 0.5) is 5.69 Å². The Kier molecular flexibility index (Phi) is 4.63. The molecular weight excluding hydrogens is 249 g/mol. The van der Waals surface area contributed by atoms with Gasteiger partial charge in [0.15, 0.2) is 0 Å². The Morgan fingerprint density at radius 3 is 2.20 bits per heavy atom.